The molecule has 0 spiro atoms. The lowest BCUT2D eigenvalue weighted by atomic mass is 9.92. The van der Waals surface area contributed by atoms with Crippen LogP contribution in [-0.2, 0) is 9.53 Å². The molecule has 28 heavy (non-hydrogen) atoms. The van der Waals surface area contributed by atoms with Crippen LogP contribution in [0.15, 0.2) is 0 Å². The summed E-state index contributed by atoms with van der Waals surface area (Å²) in [6.07, 6.45) is 5.49. The van der Waals surface area contributed by atoms with Crippen LogP contribution in [0.25, 0.3) is 0 Å². The summed E-state index contributed by atoms with van der Waals surface area (Å²) < 4.78 is 5.91. The highest BCUT2D eigenvalue weighted by atomic mass is 16.5. The molecule has 0 aromatic rings. The van der Waals surface area contributed by atoms with Crippen molar-refractivity contribution in [2.24, 2.45) is 17.8 Å². The first-order chi connectivity index (χ1) is 13.3. The molecule has 0 aromatic carbocycles. The van der Waals surface area contributed by atoms with Crippen molar-refractivity contribution >= 4 is 5.91 Å². The molecule has 1 amide bonds. The van der Waals surface area contributed by atoms with Gasteiger partial charge < -0.3 is 14.5 Å². The van der Waals surface area contributed by atoms with Gasteiger partial charge in [0.15, 0.2) is 0 Å². The van der Waals surface area contributed by atoms with Crippen LogP contribution in [-0.4, -0.2) is 84.7 Å². The zero-order valence-corrected chi connectivity index (χ0v) is 18.9. The Balaban J connectivity index is 1.59. The van der Waals surface area contributed by atoms with E-state index >= 15 is 0 Å². The fraction of sp³-hybridized carbons (Fsp3) is 0.957. The number of carbonyl (C=O) groups is 1. The minimum absolute atomic E-state index is 0.0108. The molecule has 3 fully saturated rings. The second kappa shape index (κ2) is 9.90. The minimum atomic E-state index is -0.0108. The zero-order valence-electron chi connectivity index (χ0n) is 18.9. The molecule has 0 bridgehead atoms. The van der Waals surface area contributed by atoms with E-state index in [1.807, 2.05) is 0 Å². The SMILES string of the molecule is CC1CCN(C[C@@H]2CCCN(C(=O)[C@H](C(C)C)N3C[C@@H](C)O[C@H](C)C3)C2)CC1. The van der Waals surface area contributed by atoms with Crippen LogP contribution in [0.4, 0.5) is 0 Å². The maximum Gasteiger partial charge on any atom is 0.240 e. The van der Waals surface area contributed by atoms with E-state index in [1.165, 1.54) is 38.9 Å². The van der Waals surface area contributed by atoms with E-state index in [2.05, 4.69) is 49.3 Å². The predicted molar refractivity (Wildman–Crippen MR) is 114 cm³/mol. The Morgan fingerprint density at radius 2 is 1.61 bits per heavy atom. The fourth-order valence-corrected chi connectivity index (χ4v) is 5.52. The van der Waals surface area contributed by atoms with Gasteiger partial charge in [0.2, 0.25) is 5.91 Å². The Morgan fingerprint density at radius 1 is 0.964 bits per heavy atom. The van der Waals surface area contributed by atoms with Gasteiger partial charge in [0, 0.05) is 32.7 Å². The molecule has 3 aliphatic heterocycles. The quantitative estimate of drug-likeness (QED) is 0.719. The van der Waals surface area contributed by atoms with Gasteiger partial charge in [0.05, 0.1) is 18.2 Å². The Hall–Kier alpha value is -0.650. The molecule has 3 rings (SSSR count). The maximum absolute atomic E-state index is 13.6. The molecule has 162 valence electrons. The molecule has 0 aromatic heterocycles. The standard InChI is InChI=1S/C23H43N3O2/c1-17(2)22(26-13-19(4)28-20(5)14-26)23(27)25-10-6-7-21(16-25)15-24-11-8-18(3)9-12-24/h17-22H,6-16H2,1-5H3/t19-,20-,21+,22+/m1/s1. The van der Waals surface area contributed by atoms with E-state index in [-0.39, 0.29) is 18.2 Å². The van der Waals surface area contributed by atoms with Crippen LogP contribution < -0.4 is 0 Å². The third-order valence-corrected chi connectivity index (χ3v) is 6.95. The van der Waals surface area contributed by atoms with E-state index in [0.717, 1.165) is 38.5 Å². The van der Waals surface area contributed by atoms with E-state index in [4.69, 9.17) is 4.74 Å². The van der Waals surface area contributed by atoms with Crippen LogP contribution in [0.5, 0.6) is 0 Å². The minimum Gasteiger partial charge on any atom is -0.373 e. The summed E-state index contributed by atoms with van der Waals surface area (Å²) in [6.45, 7) is 18.3. The first-order valence-electron chi connectivity index (χ1n) is 11.7. The van der Waals surface area contributed by atoms with Crippen LogP contribution in [0.3, 0.4) is 0 Å². The Kier molecular flexibility index (Phi) is 7.80. The van der Waals surface area contributed by atoms with E-state index in [9.17, 15) is 4.79 Å². The molecule has 5 nitrogen and oxygen atoms in total. The molecular formula is C23H43N3O2. The van der Waals surface area contributed by atoms with E-state index < -0.39 is 0 Å². The first kappa shape index (κ1) is 22.0. The van der Waals surface area contributed by atoms with E-state index in [1.54, 1.807) is 0 Å². The van der Waals surface area contributed by atoms with Gasteiger partial charge in [-0.05, 0) is 70.4 Å². The Bertz CT molecular complexity index is 494. The molecule has 3 saturated heterocycles. The van der Waals surface area contributed by atoms with Crippen LogP contribution >= 0.6 is 0 Å². The number of morpholine rings is 1. The van der Waals surface area contributed by atoms with Crippen molar-refractivity contribution in [1.82, 2.24) is 14.7 Å². The lowest BCUT2D eigenvalue weighted by molar-refractivity contribution is -0.147. The van der Waals surface area contributed by atoms with Gasteiger partial charge in [-0.25, -0.2) is 0 Å². The highest BCUT2D eigenvalue weighted by Gasteiger charge is 2.37. The van der Waals surface area contributed by atoms with Gasteiger partial charge in [0.25, 0.3) is 0 Å². The summed E-state index contributed by atoms with van der Waals surface area (Å²) in [5.74, 6) is 2.20. The fourth-order valence-electron chi connectivity index (χ4n) is 5.52. The molecule has 3 aliphatic rings. The molecule has 0 radical (unpaired) electrons. The van der Waals surface area contributed by atoms with Crippen molar-refractivity contribution in [3.05, 3.63) is 0 Å². The molecular weight excluding hydrogens is 350 g/mol. The average molecular weight is 394 g/mol. The third-order valence-electron chi connectivity index (χ3n) is 6.95. The Labute approximate surface area is 172 Å². The van der Waals surface area contributed by atoms with Gasteiger partial charge in [-0.2, -0.15) is 0 Å². The lowest BCUT2D eigenvalue weighted by Gasteiger charge is -2.44. The largest absolute Gasteiger partial charge is 0.373 e. The van der Waals surface area contributed by atoms with Gasteiger partial charge in [-0.3, -0.25) is 9.69 Å². The summed E-state index contributed by atoms with van der Waals surface area (Å²) in [4.78, 5) is 20.8. The van der Waals surface area contributed by atoms with Crippen LogP contribution in [0.1, 0.15) is 60.3 Å². The van der Waals surface area contributed by atoms with Crippen molar-refractivity contribution in [2.75, 3.05) is 45.8 Å². The second-order valence-corrected chi connectivity index (χ2v) is 10.2. The van der Waals surface area contributed by atoms with Crippen molar-refractivity contribution in [3.63, 3.8) is 0 Å². The topological polar surface area (TPSA) is 36.0 Å². The second-order valence-electron chi connectivity index (χ2n) is 10.2. The number of likely N-dealkylation sites (tertiary alicyclic amines) is 2. The highest BCUT2D eigenvalue weighted by molar-refractivity contribution is 5.82. The van der Waals surface area contributed by atoms with E-state index in [0.29, 0.717) is 17.7 Å². The van der Waals surface area contributed by atoms with Gasteiger partial charge >= 0.3 is 0 Å². The Morgan fingerprint density at radius 3 is 2.21 bits per heavy atom. The highest BCUT2D eigenvalue weighted by Crippen LogP contribution is 2.25. The molecule has 3 heterocycles. The lowest BCUT2D eigenvalue weighted by Crippen LogP contribution is -2.59. The number of piperidine rings is 2. The van der Waals surface area contributed by atoms with Crippen molar-refractivity contribution < 1.29 is 9.53 Å². The molecule has 5 heteroatoms. The summed E-state index contributed by atoms with van der Waals surface area (Å²) in [5.41, 5.74) is 0. The summed E-state index contributed by atoms with van der Waals surface area (Å²) in [6, 6.07) is -0.0108. The normalized spacial score (nSPS) is 32.6. The number of hydrogen-bond acceptors (Lipinski definition) is 4. The number of hydrogen-bond donors (Lipinski definition) is 0. The molecule has 0 N–H and O–H groups in total. The molecule has 0 saturated carbocycles. The van der Waals surface area contributed by atoms with Crippen molar-refractivity contribution in [1.29, 1.82) is 0 Å². The number of ether oxygens (including phenoxy) is 1. The maximum atomic E-state index is 13.6. The number of amides is 1. The van der Waals surface area contributed by atoms with Crippen LogP contribution in [0.2, 0.25) is 0 Å². The van der Waals surface area contributed by atoms with Crippen LogP contribution in [0, 0.1) is 17.8 Å². The number of nitrogens with zero attached hydrogens (tertiary/aromatic N) is 3. The number of carbonyl (C=O) groups excluding carboxylic acids is 1. The molecule has 0 unspecified atom stereocenters. The zero-order chi connectivity index (χ0) is 20.3. The van der Waals surface area contributed by atoms with Crippen molar-refractivity contribution in [3.8, 4) is 0 Å². The predicted octanol–water partition coefficient (Wildman–Crippen LogP) is 3.09. The summed E-state index contributed by atoms with van der Waals surface area (Å²) in [7, 11) is 0. The van der Waals surface area contributed by atoms with Gasteiger partial charge in [-0.1, -0.05) is 20.8 Å². The monoisotopic (exact) mass is 393 g/mol. The summed E-state index contributed by atoms with van der Waals surface area (Å²) in [5, 5.41) is 0. The smallest absolute Gasteiger partial charge is 0.240 e. The summed E-state index contributed by atoms with van der Waals surface area (Å²) >= 11 is 0. The number of rotatable bonds is 5. The average Bonchev–Trinajstić information content (AvgIpc) is 2.63. The third kappa shape index (κ3) is 5.70. The molecule has 0 aliphatic carbocycles. The van der Waals surface area contributed by atoms with Gasteiger partial charge in [0.1, 0.15) is 0 Å². The van der Waals surface area contributed by atoms with Gasteiger partial charge in [-0.15, -0.1) is 0 Å². The van der Waals surface area contributed by atoms with Crippen molar-refractivity contribution in [2.45, 2.75) is 78.6 Å². The molecule has 4 atom stereocenters. The first-order valence-corrected chi connectivity index (χ1v) is 11.7.